The molecule has 7 atom stereocenters. The summed E-state index contributed by atoms with van der Waals surface area (Å²) in [5.74, 6) is -23.5. The van der Waals surface area contributed by atoms with Crippen molar-refractivity contribution in [3.05, 3.63) is 291 Å². The van der Waals surface area contributed by atoms with Crippen LogP contribution in [0.5, 0.6) is 23.0 Å². The Kier molecular flexibility index (Phi) is 30.5. The van der Waals surface area contributed by atoms with E-state index in [0.29, 0.717) is 101 Å². The molecule has 4 aromatic heterocycles. The predicted molar refractivity (Wildman–Crippen MR) is 452 cm³/mol. The Morgan fingerprint density at radius 2 is 0.681 bits per heavy atom. The van der Waals surface area contributed by atoms with Crippen molar-refractivity contribution in [1.29, 1.82) is 0 Å². The number of carbonyl (C=O) groups excluding carboxylic acids is 4. The lowest BCUT2D eigenvalue weighted by atomic mass is 10.1. The molecule has 0 aliphatic carbocycles. The maximum atomic E-state index is 15.1. The fourth-order valence-electron chi connectivity index (χ4n) is 13.9. The molecule has 0 saturated heterocycles. The summed E-state index contributed by atoms with van der Waals surface area (Å²) in [5.41, 5.74) is -13.1. The van der Waals surface area contributed by atoms with Crippen molar-refractivity contribution in [2.24, 2.45) is 0 Å². The number of nitrogens with zero attached hydrogens (tertiary/aromatic N) is 12. The Balaban J connectivity index is 0.000000161. The second-order valence-corrected chi connectivity index (χ2v) is 31.6. The van der Waals surface area contributed by atoms with Gasteiger partial charge in [-0.2, -0.15) is 71.4 Å². The van der Waals surface area contributed by atoms with Gasteiger partial charge in [0.05, 0.1) is 53.7 Å². The lowest BCUT2D eigenvalue weighted by Gasteiger charge is -2.20. The van der Waals surface area contributed by atoms with Crippen molar-refractivity contribution in [2.75, 3.05) is 21.3 Å². The van der Waals surface area contributed by atoms with Crippen LogP contribution in [-0.4, -0.2) is 169 Å². The summed E-state index contributed by atoms with van der Waals surface area (Å²) >= 11 is 0. The third-order valence-corrected chi connectivity index (χ3v) is 21.5. The topological polar surface area (TPSA) is 394 Å². The molecule has 0 bridgehead atoms. The van der Waals surface area contributed by atoms with Crippen molar-refractivity contribution in [3.8, 4) is 45.7 Å². The van der Waals surface area contributed by atoms with E-state index in [1.807, 2.05) is 21.3 Å². The summed E-state index contributed by atoms with van der Waals surface area (Å²) < 4.78 is 356. The summed E-state index contributed by atoms with van der Waals surface area (Å²) in [5, 5.41) is 62.3. The first kappa shape index (κ1) is 105. The number of para-hydroxylation sites is 4. The van der Waals surface area contributed by atoms with Crippen LogP contribution in [0.2, 0.25) is 0 Å². The number of amides is 4. The minimum Gasteiger partial charge on any atom is -0.504 e. The average molecular weight is 2060 g/mol. The molecule has 0 spiro atoms. The third kappa shape index (κ3) is 23.0. The molecule has 32 nitrogen and oxygen atoms in total. The van der Waals surface area contributed by atoms with Gasteiger partial charge in [-0.05, 0) is 132 Å². The first-order chi connectivity index (χ1) is 67.5. The number of benzene rings is 8. The highest BCUT2D eigenvalue weighted by Crippen LogP contribution is 2.39. The van der Waals surface area contributed by atoms with Gasteiger partial charge in [-0.15, -0.1) is 20.4 Å². The van der Waals surface area contributed by atoms with Gasteiger partial charge in [0, 0.05) is 50.2 Å². The van der Waals surface area contributed by atoms with Crippen LogP contribution in [-0.2, 0) is 39.0 Å². The van der Waals surface area contributed by atoms with Crippen LogP contribution in [0.4, 0.5) is 128 Å². The molecular formula is C88H68F24N16O16. The van der Waals surface area contributed by atoms with Crippen LogP contribution < -0.4 is 63.0 Å². The maximum Gasteiger partial charge on any atom is 0.425 e. The third-order valence-electron chi connectivity index (χ3n) is 21.5. The van der Waals surface area contributed by atoms with Gasteiger partial charge >= 0.3 is 47.5 Å². The molecule has 764 valence electrons. The summed E-state index contributed by atoms with van der Waals surface area (Å²) in [7, 11) is 0. The average Bonchev–Trinajstić information content (AvgIpc) is 1.60. The summed E-state index contributed by atoms with van der Waals surface area (Å²) in [6, 6.07) is 15.1. The number of aryl methyl sites for hydroxylation is 1. The molecule has 4 aliphatic rings. The molecule has 0 fully saturated rings. The largest absolute Gasteiger partial charge is 0.504 e. The van der Waals surface area contributed by atoms with E-state index in [9.17, 15) is 147 Å². The van der Waals surface area contributed by atoms with Crippen LogP contribution >= 0.6 is 0 Å². The highest BCUT2D eigenvalue weighted by atomic mass is 19.4. The number of rotatable bonds is 20. The van der Waals surface area contributed by atoms with Gasteiger partial charge in [0.2, 0.25) is 0 Å². The quantitative estimate of drug-likeness (QED) is 0.0329. The highest BCUT2D eigenvalue weighted by Gasteiger charge is 2.44. The van der Waals surface area contributed by atoms with Gasteiger partial charge in [-0.3, -0.25) is 37.4 Å². The van der Waals surface area contributed by atoms with Crippen molar-refractivity contribution >= 4 is 58.2 Å². The maximum absolute atomic E-state index is 15.1. The molecule has 0 radical (unpaired) electrons. The number of aliphatic hydroxyl groups excluding tert-OH is 4. The Morgan fingerprint density at radius 3 is 1.01 bits per heavy atom. The standard InChI is InChI=1S/C22H16F6N4O4.C22H18F6N4O4.C22H16F6N4O4.C22H18F6N4O4/c1-10(22(26,27)28)36-17-9-15(32-21(35)31-7-3-6-16(33)19(31)30-32)14(25)8-11(17)20(34)29-18-12(23)4-2-5-13(18)24;2*1-10(22(26,27)28)36-17-8-16(32-21(35)31-9-11(33)5-6-18(31)30-32)15(25)7-12(17)20(34)29-19-13(23)3-2-4-14(19)24;1-10(22(26,27)28)36-17-9-16(32-21(35)31-6-5-11(33)7-18(31)30-32)15(25)8-12(17)20(34)29-19-13(23)3-2-4-14(19)24/h2,4-6,8-10,33H,3,7H2,1H3,(H,29,34);2-4,7-8,10-11,33H,5-6,9H2,1H3,(H,29,34);2-8,10-11,33H,9H2,1H3,(H,29,34);2-4,8-11,33H,5-7H2,1H3,(H,29,34)/t10-;3*10-,11?/m0000/s1. The number of hydrogen-bond acceptors (Lipinski definition) is 20. The molecule has 56 heteroatoms. The first-order valence-corrected chi connectivity index (χ1v) is 41.7. The predicted octanol–water partition coefficient (Wildman–Crippen LogP) is 14.4. The number of fused-ring (bicyclic) bond motifs is 4. The minimum atomic E-state index is -4.90. The smallest absolute Gasteiger partial charge is 0.425 e. The SMILES string of the molecule is C[C@H](Oc1cc(-n2nc3n(c2=O)CC(O)C=C3)c(F)cc1C(=O)Nc1c(F)cccc1F)C(F)(F)F.C[C@H](Oc1cc(-n2nc3n(c2=O)CC(O)CC3)c(F)cc1C(=O)Nc1c(F)cccc1F)C(F)(F)F.C[C@H](Oc1cc(-n2nc3n(c2=O)CCC(O)C3)c(F)cc1C(=O)Nc1c(F)cccc1F)C(F)(F)F.C[C@H](Oc1cc(-n2nc3n(c2=O)CCC=C3O)c(F)cc1C(=O)Nc1c(F)cccc1F)C(F)(F)F. The van der Waals surface area contributed by atoms with Crippen LogP contribution in [0.15, 0.2) is 153 Å². The normalized spacial score (nSPS) is 15.7. The fraction of sp³-hybridized carbons (Fsp3) is 0.273. The zero-order chi connectivity index (χ0) is 105. The second kappa shape index (κ2) is 41.7. The number of ether oxygens (including phenoxy) is 4. The van der Waals surface area contributed by atoms with Gasteiger partial charge < -0.3 is 60.6 Å². The van der Waals surface area contributed by atoms with E-state index in [4.69, 9.17) is 18.9 Å². The van der Waals surface area contributed by atoms with Crippen molar-refractivity contribution < 1.29 is 164 Å². The minimum absolute atomic E-state index is 0.00693. The number of allylic oxidation sites excluding steroid dienone is 1. The van der Waals surface area contributed by atoms with E-state index in [-0.39, 0.29) is 80.9 Å². The Hall–Kier alpha value is -15.9. The molecule has 3 unspecified atom stereocenters. The van der Waals surface area contributed by atoms with Crippen LogP contribution in [0.1, 0.15) is 112 Å². The zero-order valence-corrected chi connectivity index (χ0v) is 73.3. The van der Waals surface area contributed by atoms with E-state index in [2.05, 4.69) is 20.4 Å². The van der Waals surface area contributed by atoms with E-state index in [1.54, 1.807) is 0 Å². The molecule has 12 aromatic rings. The lowest BCUT2D eigenvalue weighted by molar-refractivity contribution is -0.189. The molecule has 16 rings (SSSR count). The summed E-state index contributed by atoms with van der Waals surface area (Å²) in [6.07, 6.45) is -27.2. The number of carbonyl (C=O) groups is 4. The number of hydrogen-bond donors (Lipinski definition) is 8. The summed E-state index contributed by atoms with van der Waals surface area (Å²) in [4.78, 5) is 102. The second-order valence-electron chi connectivity index (χ2n) is 31.6. The molecule has 8 heterocycles. The molecule has 8 N–H and O–H groups in total. The Bertz CT molecular complexity index is 7120. The molecular weight excluding hydrogens is 1990 g/mol. The number of halogens is 24. The molecule has 4 aliphatic heterocycles. The molecule has 8 aromatic carbocycles. The molecule has 0 saturated carbocycles. The monoisotopic (exact) mass is 2060 g/mol. The van der Waals surface area contributed by atoms with E-state index in [1.165, 1.54) is 22.8 Å². The van der Waals surface area contributed by atoms with E-state index < -0.39 is 274 Å². The lowest BCUT2D eigenvalue weighted by Crippen LogP contribution is -2.33. The number of aromatic nitrogens is 12. The van der Waals surface area contributed by atoms with Gasteiger partial charge in [0.1, 0.15) is 150 Å². The molecule has 4 amide bonds. The Morgan fingerprint density at radius 1 is 0.375 bits per heavy atom. The Labute approximate surface area is 788 Å². The number of alkyl halides is 12. The van der Waals surface area contributed by atoms with Gasteiger partial charge in [0.25, 0.3) is 23.6 Å². The molecule has 144 heavy (non-hydrogen) atoms. The fourth-order valence-corrected chi connectivity index (χ4v) is 13.9. The van der Waals surface area contributed by atoms with E-state index >= 15 is 17.6 Å². The van der Waals surface area contributed by atoms with Crippen LogP contribution in [0.25, 0.3) is 34.6 Å². The number of nitrogens with one attached hydrogen (secondary N) is 4. The van der Waals surface area contributed by atoms with Gasteiger partial charge in [0.15, 0.2) is 41.8 Å². The van der Waals surface area contributed by atoms with Gasteiger partial charge in [-0.25, -0.2) is 71.9 Å². The zero-order valence-electron chi connectivity index (χ0n) is 73.3. The van der Waals surface area contributed by atoms with Crippen LogP contribution in [0, 0.1) is 69.8 Å². The van der Waals surface area contributed by atoms with Crippen molar-refractivity contribution in [2.45, 2.75) is 153 Å². The van der Waals surface area contributed by atoms with Crippen LogP contribution in [0.3, 0.4) is 0 Å². The summed E-state index contributed by atoms with van der Waals surface area (Å²) in [6.45, 7) is 2.37. The first-order valence-electron chi connectivity index (χ1n) is 41.7. The van der Waals surface area contributed by atoms with Gasteiger partial charge in [-0.1, -0.05) is 30.3 Å². The number of aliphatic hydroxyl groups is 4. The van der Waals surface area contributed by atoms with Crippen molar-refractivity contribution in [3.63, 3.8) is 0 Å². The number of anilines is 4. The van der Waals surface area contributed by atoms with E-state index in [0.717, 1.165) is 86.5 Å². The highest BCUT2D eigenvalue weighted by molar-refractivity contribution is 6.09. The van der Waals surface area contributed by atoms with Crippen molar-refractivity contribution in [1.82, 2.24) is 57.4 Å².